The van der Waals surface area contributed by atoms with Crippen molar-refractivity contribution in [2.45, 2.75) is 31.1 Å². The zero-order valence-electron chi connectivity index (χ0n) is 13.2. The Morgan fingerprint density at radius 2 is 2.04 bits per heavy atom. The Labute approximate surface area is 140 Å². The first-order chi connectivity index (χ1) is 11.8. The van der Waals surface area contributed by atoms with E-state index in [2.05, 4.69) is 9.97 Å². The van der Waals surface area contributed by atoms with E-state index in [0.29, 0.717) is 18.7 Å². The van der Waals surface area contributed by atoms with Crippen LogP contribution in [0.15, 0.2) is 49.1 Å². The molecule has 1 aliphatic heterocycles. The Morgan fingerprint density at radius 3 is 2.83 bits per heavy atom. The summed E-state index contributed by atoms with van der Waals surface area (Å²) in [5.74, 6) is 0.780. The van der Waals surface area contributed by atoms with E-state index < -0.39 is 0 Å². The number of hydrogen-bond donors (Lipinski definition) is 0. The maximum absolute atomic E-state index is 12.8. The number of amides is 1. The molecule has 2 aromatic rings. The number of morpholine rings is 1. The lowest BCUT2D eigenvalue weighted by Crippen LogP contribution is -2.54. The Bertz CT molecular complexity index is 695. The molecule has 0 bridgehead atoms. The van der Waals surface area contributed by atoms with Gasteiger partial charge in [-0.05, 0) is 37.1 Å². The second-order valence-electron chi connectivity index (χ2n) is 6.06. The fourth-order valence-electron chi connectivity index (χ4n) is 3.55. The molecule has 2 aliphatic rings. The van der Waals surface area contributed by atoms with E-state index in [1.807, 2.05) is 17.0 Å². The molecule has 1 amide bonds. The monoisotopic (exact) mass is 325 g/mol. The second kappa shape index (κ2) is 6.57. The first-order valence-electron chi connectivity index (χ1n) is 8.22. The highest BCUT2D eigenvalue weighted by atomic mass is 16.5. The van der Waals surface area contributed by atoms with E-state index in [4.69, 9.17) is 9.47 Å². The standard InChI is InChI=1S/C18H19N3O3/c22-18(13-5-8-19-9-6-13)21-10-11-23-17-15(21)3-4-16(17)24-14-2-1-7-20-12-14/h1-2,5-9,12,15-17H,3-4,10-11H2/t15-,16+,17+/m1/s1. The average molecular weight is 325 g/mol. The molecule has 1 saturated carbocycles. The van der Waals surface area contributed by atoms with Crippen molar-refractivity contribution in [2.75, 3.05) is 13.2 Å². The predicted molar refractivity (Wildman–Crippen MR) is 86.7 cm³/mol. The van der Waals surface area contributed by atoms with Crippen LogP contribution in [0.2, 0.25) is 0 Å². The van der Waals surface area contributed by atoms with Gasteiger partial charge < -0.3 is 14.4 Å². The van der Waals surface area contributed by atoms with Crippen LogP contribution in [0, 0.1) is 0 Å². The molecule has 6 nitrogen and oxygen atoms in total. The number of carbonyl (C=O) groups is 1. The quantitative estimate of drug-likeness (QED) is 0.863. The van der Waals surface area contributed by atoms with Crippen LogP contribution < -0.4 is 4.74 Å². The van der Waals surface area contributed by atoms with Crippen LogP contribution in [0.3, 0.4) is 0 Å². The molecule has 0 unspecified atom stereocenters. The van der Waals surface area contributed by atoms with Gasteiger partial charge in [0.25, 0.3) is 5.91 Å². The van der Waals surface area contributed by atoms with Crippen LogP contribution in [0.5, 0.6) is 5.75 Å². The van der Waals surface area contributed by atoms with E-state index in [0.717, 1.165) is 18.6 Å². The smallest absolute Gasteiger partial charge is 0.254 e. The van der Waals surface area contributed by atoms with Crippen molar-refractivity contribution in [3.63, 3.8) is 0 Å². The Hall–Kier alpha value is -2.47. The molecule has 0 spiro atoms. The molecule has 24 heavy (non-hydrogen) atoms. The molecule has 124 valence electrons. The Kier molecular flexibility index (Phi) is 4.13. The summed E-state index contributed by atoms with van der Waals surface area (Å²) < 4.78 is 12.0. The summed E-state index contributed by atoms with van der Waals surface area (Å²) in [6, 6.07) is 7.31. The summed E-state index contributed by atoms with van der Waals surface area (Å²) in [7, 11) is 0. The van der Waals surface area contributed by atoms with Crippen molar-refractivity contribution < 1.29 is 14.3 Å². The lowest BCUT2D eigenvalue weighted by molar-refractivity contribution is -0.0786. The third kappa shape index (κ3) is 2.85. The zero-order chi connectivity index (χ0) is 16.4. The minimum atomic E-state index is -0.0928. The summed E-state index contributed by atoms with van der Waals surface area (Å²) in [6.07, 6.45) is 8.32. The van der Waals surface area contributed by atoms with Crippen molar-refractivity contribution in [3.05, 3.63) is 54.6 Å². The molecule has 3 heterocycles. The molecular formula is C18H19N3O3. The number of nitrogens with zero attached hydrogens (tertiary/aromatic N) is 3. The Balaban J connectivity index is 1.49. The number of hydrogen-bond acceptors (Lipinski definition) is 5. The summed E-state index contributed by atoms with van der Waals surface area (Å²) in [5.41, 5.74) is 0.669. The summed E-state index contributed by atoms with van der Waals surface area (Å²) in [6.45, 7) is 1.15. The van der Waals surface area contributed by atoms with Gasteiger partial charge in [0, 0.05) is 30.7 Å². The van der Waals surface area contributed by atoms with Gasteiger partial charge in [0.15, 0.2) is 0 Å². The van der Waals surface area contributed by atoms with Crippen molar-refractivity contribution in [3.8, 4) is 5.75 Å². The SMILES string of the molecule is O=C(c1ccncc1)N1CCO[C@@H]2[C@@H](Oc3cccnc3)CC[C@H]21. The fraction of sp³-hybridized carbons (Fsp3) is 0.389. The maximum Gasteiger partial charge on any atom is 0.254 e. The van der Waals surface area contributed by atoms with Crippen LogP contribution in [0.4, 0.5) is 0 Å². The third-order valence-electron chi connectivity index (χ3n) is 4.65. The Morgan fingerprint density at radius 1 is 1.17 bits per heavy atom. The van der Waals surface area contributed by atoms with Gasteiger partial charge in [-0.3, -0.25) is 14.8 Å². The average Bonchev–Trinajstić information content (AvgIpc) is 3.06. The molecule has 4 rings (SSSR count). The topological polar surface area (TPSA) is 64.6 Å². The van der Waals surface area contributed by atoms with Gasteiger partial charge in [-0.15, -0.1) is 0 Å². The van der Waals surface area contributed by atoms with Gasteiger partial charge in [0.05, 0.1) is 18.8 Å². The van der Waals surface area contributed by atoms with Crippen molar-refractivity contribution >= 4 is 5.91 Å². The number of fused-ring (bicyclic) bond motifs is 1. The normalized spacial score (nSPS) is 26.0. The molecule has 1 aliphatic carbocycles. The highest BCUT2D eigenvalue weighted by molar-refractivity contribution is 5.94. The number of aromatic nitrogens is 2. The maximum atomic E-state index is 12.8. The molecule has 2 fully saturated rings. The van der Waals surface area contributed by atoms with Gasteiger partial charge in [-0.25, -0.2) is 0 Å². The lowest BCUT2D eigenvalue weighted by Gasteiger charge is -2.39. The van der Waals surface area contributed by atoms with Gasteiger partial charge >= 0.3 is 0 Å². The van der Waals surface area contributed by atoms with Crippen LogP contribution in [-0.4, -0.2) is 52.2 Å². The number of carbonyl (C=O) groups excluding carboxylic acids is 1. The highest BCUT2D eigenvalue weighted by Crippen LogP contribution is 2.33. The minimum Gasteiger partial charge on any atom is -0.486 e. The molecule has 1 saturated heterocycles. The molecule has 6 heteroatoms. The van der Waals surface area contributed by atoms with Gasteiger partial charge in [-0.1, -0.05) is 0 Å². The molecule has 0 aromatic carbocycles. The first-order valence-corrected chi connectivity index (χ1v) is 8.22. The van der Waals surface area contributed by atoms with Gasteiger partial charge in [0.1, 0.15) is 18.0 Å². The fourth-order valence-corrected chi connectivity index (χ4v) is 3.55. The van der Waals surface area contributed by atoms with Crippen LogP contribution in [0.25, 0.3) is 0 Å². The van der Waals surface area contributed by atoms with Crippen molar-refractivity contribution in [1.82, 2.24) is 14.9 Å². The molecule has 0 radical (unpaired) electrons. The first kappa shape index (κ1) is 15.1. The summed E-state index contributed by atoms with van der Waals surface area (Å²) >= 11 is 0. The van der Waals surface area contributed by atoms with Crippen LogP contribution in [-0.2, 0) is 4.74 Å². The van der Waals surface area contributed by atoms with Crippen molar-refractivity contribution in [1.29, 1.82) is 0 Å². The summed E-state index contributed by atoms with van der Waals surface area (Å²) in [4.78, 5) is 22.8. The number of ether oxygens (including phenoxy) is 2. The third-order valence-corrected chi connectivity index (χ3v) is 4.65. The number of pyridine rings is 2. The minimum absolute atomic E-state index is 0.0396. The lowest BCUT2D eigenvalue weighted by atomic mass is 10.1. The summed E-state index contributed by atoms with van der Waals surface area (Å²) in [5, 5.41) is 0. The van der Waals surface area contributed by atoms with Crippen LogP contribution >= 0.6 is 0 Å². The molecule has 3 atom stereocenters. The largest absolute Gasteiger partial charge is 0.486 e. The zero-order valence-corrected chi connectivity index (χ0v) is 13.2. The molecular weight excluding hydrogens is 306 g/mol. The van der Waals surface area contributed by atoms with E-state index in [-0.39, 0.29) is 24.2 Å². The van der Waals surface area contributed by atoms with E-state index in [1.54, 1.807) is 36.9 Å². The molecule has 2 aromatic heterocycles. The van der Waals surface area contributed by atoms with E-state index >= 15 is 0 Å². The van der Waals surface area contributed by atoms with Gasteiger partial charge in [0.2, 0.25) is 0 Å². The number of rotatable bonds is 3. The predicted octanol–water partition coefficient (Wildman–Crippen LogP) is 1.93. The molecule has 0 N–H and O–H groups in total. The second-order valence-corrected chi connectivity index (χ2v) is 6.06. The van der Waals surface area contributed by atoms with Crippen molar-refractivity contribution in [2.24, 2.45) is 0 Å². The highest BCUT2D eigenvalue weighted by Gasteiger charge is 2.45. The van der Waals surface area contributed by atoms with E-state index in [1.165, 1.54) is 0 Å². The van der Waals surface area contributed by atoms with Crippen LogP contribution in [0.1, 0.15) is 23.2 Å². The van der Waals surface area contributed by atoms with E-state index in [9.17, 15) is 4.79 Å². The van der Waals surface area contributed by atoms with Gasteiger partial charge in [-0.2, -0.15) is 0 Å².